The lowest BCUT2D eigenvalue weighted by molar-refractivity contribution is 0.301. The van der Waals surface area contributed by atoms with E-state index >= 15 is 0 Å². The van der Waals surface area contributed by atoms with E-state index in [1.54, 1.807) is 18.2 Å². The zero-order valence-corrected chi connectivity index (χ0v) is 12.3. The largest absolute Gasteiger partial charge is 0.490 e. The maximum atomic E-state index is 14.6. The molecule has 1 aliphatic rings. The normalized spacial score (nSPS) is 14.9. The first-order valence-corrected chi connectivity index (χ1v) is 7.66. The first-order chi connectivity index (χ1) is 10.7. The molecule has 2 nitrogen and oxygen atoms in total. The van der Waals surface area contributed by atoms with Crippen LogP contribution in [0.4, 0.5) is 8.78 Å². The van der Waals surface area contributed by atoms with E-state index < -0.39 is 5.82 Å². The van der Waals surface area contributed by atoms with Crippen molar-refractivity contribution in [1.82, 2.24) is 0 Å². The highest BCUT2D eigenvalue weighted by molar-refractivity contribution is 6.05. The van der Waals surface area contributed by atoms with E-state index in [1.807, 2.05) is 13.0 Å². The van der Waals surface area contributed by atoms with Gasteiger partial charge in [-0.05, 0) is 48.9 Å². The molecule has 4 rings (SSSR count). The van der Waals surface area contributed by atoms with Gasteiger partial charge in [0.1, 0.15) is 0 Å². The number of hydrogen-bond donors (Lipinski definition) is 0. The molecule has 3 aromatic rings. The van der Waals surface area contributed by atoms with Crippen LogP contribution in [0.2, 0.25) is 0 Å². The molecule has 114 valence electrons. The smallest absolute Gasteiger partial charge is 0.208 e. The van der Waals surface area contributed by atoms with E-state index in [-0.39, 0.29) is 28.7 Å². The van der Waals surface area contributed by atoms with Gasteiger partial charge >= 0.3 is 0 Å². The maximum absolute atomic E-state index is 14.6. The zero-order valence-electron chi connectivity index (χ0n) is 12.3. The fourth-order valence-corrected chi connectivity index (χ4v) is 2.87. The molecule has 2 aromatic carbocycles. The minimum absolute atomic E-state index is 0.0652. The van der Waals surface area contributed by atoms with Gasteiger partial charge in [0.25, 0.3) is 0 Å². The predicted molar refractivity (Wildman–Crippen MR) is 81.4 cm³/mol. The van der Waals surface area contributed by atoms with Gasteiger partial charge in [0.2, 0.25) is 5.82 Å². The summed E-state index contributed by atoms with van der Waals surface area (Å²) in [6.07, 6.45) is 2.80. The highest BCUT2D eigenvalue weighted by Crippen LogP contribution is 2.44. The van der Waals surface area contributed by atoms with Gasteiger partial charge in [-0.1, -0.05) is 13.0 Å². The molecule has 4 heteroatoms. The second kappa shape index (κ2) is 4.97. The first-order valence-electron chi connectivity index (χ1n) is 7.66. The van der Waals surface area contributed by atoms with Crippen molar-refractivity contribution in [2.24, 2.45) is 0 Å². The Morgan fingerprint density at radius 2 is 1.73 bits per heavy atom. The van der Waals surface area contributed by atoms with Crippen molar-refractivity contribution in [3.8, 4) is 5.75 Å². The fourth-order valence-electron chi connectivity index (χ4n) is 2.87. The van der Waals surface area contributed by atoms with Crippen LogP contribution in [-0.4, -0.2) is 6.61 Å². The summed E-state index contributed by atoms with van der Waals surface area (Å²) in [5, 5.41) is 1.19. The molecule has 1 heterocycles. The van der Waals surface area contributed by atoms with Crippen LogP contribution >= 0.6 is 0 Å². The summed E-state index contributed by atoms with van der Waals surface area (Å²) in [6.45, 7) is 2.38. The Balaban J connectivity index is 1.92. The second-order valence-corrected chi connectivity index (χ2v) is 5.82. The number of halogens is 2. The average molecular weight is 302 g/mol. The molecule has 0 aliphatic heterocycles. The van der Waals surface area contributed by atoms with Gasteiger partial charge in [0.15, 0.2) is 22.7 Å². The summed E-state index contributed by atoms with van der Waals surface area (Å²) < 4.78 is 40.0. The third kappa shape index (κ3) is 1.97. The Bertz CT molecular complexity index is 863. The van der Waals surface area contributed by atoms with Crippen LogP contribution in [0.15, 0.2) is 28.7 Å². The van der Waals surface area contributed by atoms with Gasteiger partial charge in [-0.25, -0.2) is 4.39 Å². The zero-order chi connectivity index (χ0) is 15.3. The van der Waals surface area contributed by atoms with E-state index in [9.17, 15) is 8.78 Å². The van der Waals surface area contributed by atoms with Gasteiger partial charge < -0.3 is 9.15 Å². The average Bonchev–Trinajstić information content (AvgIpc) is 3.28. The summed E-state index contributed by atoms with van der Waals surface area (Å²) >= 11 is 0. The molecule has 1 aliphatic carbocycles. The second-order valence-electron chi connectivity index (χ2n) is 5.82. The van der Waals surface area contributed by atoms with E-state index in [0.29, 0.717) is 22.9 Å². The molecular formula is C18H16F2O2. The van der Waals surface area contributed by atoms with E-state index in [0.717, 1.165) is 19.3 Å². The van der Waals surface area contributed by atoms with Gasteiger partial charge in [0.05, 0.1) is 6.61 Å². The van der Waals surface area contributed by atoms with Crippen molar-refractivity contribution in [3.05, 3.63) is 41.5 Å². The minimum Gasteiger partial charge on any atom is -0.490 e. The summed E-state index contributed by atoms with van der Waals surface area (Å²) in [5.41, 5.74) is 0.885. The molecule has 1 aromatic heterocycles. The van der Waals surface area contributed by atoms with Gasteiger partial charge in [-0.3, -0.25) is 0 Å². The van der Waals surface area contributed by atoms with Crippen molar-refractivity contribution >= 4 is 21.9 Å². The summed E-state index contributed by atoms with van der Waals surface area (Å²) in [7, 11) is 0. The standard InChI is InChI=1S/C18H16F2O2/c1-2-9-21-14-8-7-13-12-6-5-11(10-3-4-10)15(19)17(12)22-18(13)16(14)20/h5-8,10H,2-4,9H2,1H3. The van der Waals surface area contributed by atoms with Crippen LogP contribution in [-0.2, 0) is 0 Å². The van der Waals surface area contributed by atoms with Crippen LogP contribution in [0, 0.1) is 11.6 Å². The third-order valence-electron chi connectivity index (χ3n) is 4.16. The van der Waals surface area contributed by atoms with Crippen molar-refractivity contribution in [3.63, 3.8) is 0 Å². The van der Waals surface area contributed by atoms with Crippen LogP contribution in [0.3, 0.4) is 0 Å². The Morgan fingerprint density at radius 1 is 1.05 bits per heavy atom. The lowest BCUT2D eigenvalue weighted by atomic mass is 10.1. The number of hydrogen-bond acceptors (Lipinski definition) is 2. The van der Waals surface area contributed by atoms with Crippen molar-refractivity contribution < 1.29 is 17.9 Å². The fraction of sp³-hybridized carbons (Fsp3) is 0.333. The van der Waals surface area contributed by atoms with Crippen LogP contribution < -0.4 is 4.74 Å². The molecule has 1 saturated carbocycles. The lowest BCUT2D eigenvalue weighted by Gasteiger charge is -2.05. The monoisotopic (exact) mass is 302 g/mol. The number of fused-ring (bicyclic) bond motifs is 3. The number of ether oxygens (including phenoxy) is 1. The predicted octanol–water partition coefficient (Wildman–Crippen LogP) is 5.53. The SMILES string of the molecule is CCCOc1ccc2c(oc3c(F)c(C4CC4)ccc32)c1F. The Kier molecular flexibility index (Phi) is 3.06. The molecule has 0 unspecified atom stereocenters. The summed E-state index contributed by atoms with van der Waals surface area (Å²) in [4.78, 5) is 0. The minimum atomic E-state index is -0.561. The Morgan fingerprint density at radius 3 is 2.41 bits per heavy atom. The van der Waals surface area contributed by atoms with E-state index in [4.69, 9.17) is 9.15 Å². The van der Waals surface area contributed by atoms with Gasteiger partial charge in [-0.15, -0.1) is 0 Å². The molecule has 0 saturated heterocycles. The molecule has 0 atom stereocenters. The van der Waals surface area contributed by atoms with Crippen molar-refractivity contribution in [2.45, 2.75) is 32.1 Å². The Labute approximate surface area is 126 Å². The number of furan rings is 1. The van der Waals surface area contributed by atoms with Crippen LogP contribution in [0.25, 0.3) is 21.9 Å². The molecule has 1 fully saturated rings. The van der Waals surface area contributed by atoms with Crippen LogP contribution in [0.1, 0.15) is 37.7 Å². The summed E-state index contributed by atoms with van der Waals surface area (Å²) in [5.74, 6) is -0.483. The number of rotatable bonds is 4. The topological polar surface area (TPSA) is 22.4 Å². The Hall–Kier alpha value is -2.10. The molecule has 0 spiro atoms. The van der Waals surface area contributed by atoms with Gasteiger partial charge in [0, 0.05) is 10.8 Å². The highest BCUT2D eigenvalue weighted by Gasteiger charge is 2.29. The molecule has 22 heavy (non-hydrogen) atoms. The van der Waals surface area contributed by atoms with Crippen LogP contribution in [0.5, 0.6) is 5.75 Å². The molecule has 0 radical (unpaired) electrons. The van der Waals surface area contributed by atoms with Crippen molar-refractivity contribution in [2.75, 3.05) is 6.61 Å². The first kappa shape index (κ1) is 13.6. The quantitative estimate of drug-likeness (QED) is 0.632. The lowest BCUT2D eigenvalue weighted by Crippen LogP contribution is -1.97. The van der Waals surface area contributed by atoms with E-state index in [1.165, 1.54) is 0 Å². The molecular weight excluding hydrogens is 286 g/mol. The maximum Gasteiger partial charge on any atom is 0.208 e. The summed E-state index contributed by atoms with van der Waals surface area (Å²) in [6, 6.07) is 6.92. The molecule has 0 amide bonds. The van der Waals surface area contributed by atoms with Gasteiger partial charge in [-0.2, -0.15) is 4.39 Å². The third-order valence-corrected chi connectivity index (χ3v) is 4.16. The van der Waals surface area contributed by atoms with E-state index in [2.05, 4.69) is 0 Å². The highest BCUT2D eigenvalue weighted by atomic mass is 19.1. The molecule has 0 N–H and O–H groups in total. The molecule has 0 bridgehead atoms. The number of benzene rings is 2. The van der Waals surface area contributed by atoms with Crippen molar-refractivity contribution in [1.29, 1.82) is 0 Å².